The number of likely N-dealkylation sites (N-methyl/N-ethyl adjacent to an activating group) is 1. The van der Waals surface area contributed by atoms with Crippen molar-refractivity contribution in [3.8, 4) is 10.8 Å². The first-order valence-corrected chi connectivity index (χ1v) is 6.60. The van der Waals surface area contributed by atoms with Crippen molar-refractivity contribution in [2.75, 3.05) is 13.6 Å². The van der Waals surface area contributed by atoms with E-state index in [0.717, 1.165) is 23.5 Å². The highest BCUT2D eigenvalue weighted by Gasteiger charge is 2.26. The van der Waals surface area contributed by atoms with Gasteiger partial charge in [0, 0.05) is 18.4 Å². The van der Waals surface area contributed by atoms with E-state index < -0.39 is 0 Å². The fourth-order valence-electron chi connectivity index (χ4n) is 1.51. The van der Waals surface area contributed by atoms with Crippen LogP contribution in [-0.4, -0.2) is 33.3 Å². The first-order chi connectivity index (χ1) is 8.52. The Morgan fingerprint density at radius 1 is 1.33 bits per heavy atom. The third-order valence-corrected chi connectivity index (χ3v) is 3.17. The molecule has 0 fully saturated rings. The average molecular weight is 267 g/mol. The lowest BCUT2D eigenvalue weighted by Gasteiger charge is -2.14. The standard InChI is InChI=1S/C11H17N5OS/c1-11(2,3)9-8(18-16-14-9)10-13-7(15-17-10)5-6-12-4/h12H,5-6H2,1-4H3. The average Bonchev–Trinajstić information content (AvgIpc) is 2.93. The Labute approximate surface area is 110 Å². The maximum absolute atomic E-state index is 5.28. The van der Waals surface area contributed by atoms with Crippen molar-refractivity contribution in [1.29, 1.82) is 0 Å². The molecule has 0 unspecified atom stereocenters. The number of nitrogens with one attached hydrogen (secondary N) is 1. The number of aromatic nitrogens is 4. The van der Waals surface area contributed by atoms with E-state index in [0.29, 0.717) is 11.7 Å². The smallest absolute Gasteiger partial charge is 0.271 e. The van der Waals surface area contributed by atoms with Gasteiger partial charge in [-0.25, -0.2) is 0 Å². The van der Waals surface area contributed by atoms with E-state index in [-0.39, 0.29) is 5.41 Å². The van der Waals surface area contributed by atoms with E-state index in [1.165, 1.54) is 11.5 Å². The summed E-state index contributed by atoms with van der Waals surface area (Å²) in [5.74, 6) is 1.22. The van der Waals surface area contributed by atoms with Crippen molar-refractivity contribution in [3.05, 3.63) is 11.5 Å². The summed E-state index contributed by atoms with van der Waals surface area (Å²) in [6.07, 6.45) is 0.747. The maximum atomic E-state index is 5.28. The second-order valence-corrected chi connectivity index (χ2v) is 5.82. The van der Waals surface area contributed by atoms with E-state index >= 15 is 0 Å². The Morgan fingerprint density at radius 3 is 2.78 bits per heavy atom. The Bertz CT molecular complexity index is 513. The van der Waals surface area contributed by atoms with E-state index in [2.05, 4.69) is 45.8 Å². The van der Waals surface area contributed by atoms with Crippen LogP contribution in [0.3, 0.4) is 0 Å². The van der Waals surface area contributed by atoms with Gasteiger partial charge in [0.1, 0.15) is 4.88 Å². The second kappa shape index (κ2) is 5.11. The van der Waals surface area contributed by atoms with Crippen LogP contribution in [0.2, 0.25) is 0 Å². The molecule has 0 atom stereocenters. The maximum Gasteiger partial charge on any atom is 0.271 e. The highest BCUT2D eigenvalue weighted by molar-refractivity contribution is 7.09. The lowest BCUT2D eigenvalue weighted by atomic mass is 9.91. The molecule has 1 N–H and O–H groups in total. The van der Waals surface area contributed by atoms with Crippen molar-refractivity contribution < 1.29 is 4.52 Å². The molecule has 0 amide bonds. The molecule has 2 aromatic rings. The molecular formula is C11H17N5OS. The topological polar surface area (TPSA) is 76.7 Å². The minimum absolute atomic E-state index is 0.0814. The summed E-state index contributed by atoms with van der Waals surface area (Å²) in [6, 6.07) is 0. The van der Waals surface area contributed by atoms with Gasteiger partial charge in [0.15, 0.2) is 5.82 Å². The largest absolute Gasteiger partial charge is 0.333 e. The predicted molar refractivity (Wildman–Crippen MR) is 69.5 cm³/mol. The van der Waals surface area contributed by atoms with Gasteiger partial charge in [0.25, 0.3) is 5.89 Å². The van der Waals surface area contributed by atoms with Crippen LogP contribution in [0, 0.1) is 0 Å². The van der Waals surface area contributed by atoms with Crippen molar-refractivity contribution >= 4 is 11.5 Å². The monoisotopic (exact) mass is 267 g/mol. The predicted octanol–water partition coefficient (Wildman–Crippen LogP) is 1.65. The molecule has 0 bridgehead atoms. The summed E-state index contributed by atoms with van der Waals surface area (Å²) in [7, 11) is 1.89. The first kappa shape index (κ1) is 13.1. The van der Waals surface area contributed by atoms with Gasteiger partial charge >= 0.3 is 0 Å². The van der Waals surface area contributed by atoms with Gasteiger partial charge in [0.05, 0.1) is 5.69 Å². The lowest BCUT2D eigenvalue weighted by molar-refractivity contribution is 0.421. The summed E-state index contributed by atoms with van der Waals surface area (Å²) in [5.41, 5.74) is 0.818. The number of hydrogen-bond donors (Lipinski definition) is 1. The summed E-state index contributed by atoms with van der Waals surface area (Å²) in [6.45, 7) is 7.09. The zero-order valence-corrected chi connectivity index (χ0v) is 11.8. The van der Waals surface area contributed by atoms with Crippen LogP contribution in [-0.2, 0) is 11.8 Å². The van der Waals surface area contributed by atoms with Crippen LogP contribution in [0.25, 0.3) is 10.8 Å². The third kappa shape index (κ3) is 2.73. The highest BCUT2D eigenvalue weighted by atomic mass is 32.1. The van der Waals surface area contributed by atoms with Crippen LogP contribution in [0.1, 0.15) is 32.3 Å². The number of hydrogen-bond acceptors (Lipinski definition) is 7. The minimum Gasteiger partial charge on any atom is -0.333 e. The molecule has 2 heterocycles. The van der Waals surface area contributed by atoms with Crippen molar-refractivity contribution in [1.82, 2.24) is 25.0 Å². The van der Waals surface area contributed by atoms with Crippen molar-refractivity contribution in [2.45, 2.75) is 32.6 Å². The second-order valence-electron chi connectivity index (χ2n) is 5.07. The van der Waals surface area contributed by atoms with E-state index in [1.54, 1.807) is 0 Å². The van der Waals surface area contributed by atoms with Gasteiger partial charge in [-0.3, -0.25) is 0 Å². The Hall–Kier alpha value is -1.34. The molecule has 0 saturated carbocycles. The third-order valence-electron chi connectivity index (χ3n) is 2.46. The zero-order chi connectivity index (χ0) is 13.2. The van der Waals surface area contributed by atoms with E-state index in [9.17, 15) is 0 Å². The van der Waals surface area contributed by atoms with Crippen LogP contribution < -0.4 is 5.32 Å². The van der Waals surface area contributed by atoms with Crippen molar-refractivity contribution in [2.24, 2.45) is 0 Å². The SMILES string of the molecule is CNCCc1noc(-c2snnc2C(C)(C)C)n1. The zero-order valence-electron chi connectivity index (χ0n) is 11.0. The molecule has 7 heteroatoms. The number of rotatable bonds is 4. The molecule has 98 valence electrons. The molecule has 0 saturated heterocycles. The molecule has 6 nitrogen and oxygen atoms in total. The summed E-state index contributed by atoms with van der Waals surface area (Å²) < 4.78 is 9.27. The molecule has 0 aromatic carbocycles. The van der Waals surface area contributed by atoms with Gasteiger partial charge in [-0.05, 0) is 18.6 Å². The molecular weight excluding hydrogens is 250 g/mol. The fraction of sp³-hybridized carbons (Fsp3) is 0.636. The molecule has 18 heavy (non-hydrogen) atoms. The molecule has 0 aliphatic carbocycles. The summed E-state index contributed by atoms with van der Waals surface area (Å²) >= 11 is 1.29. The van der Waals surface area contributed by atoms with E-state index in [1.807, 2.05) is 7.05 Å². The van der Waals surface area contributed by atoms with Gasteiger partial charge < -0.3 is 9.84 Å². The van der Waals surface area contributed by atoms with Gasteiger partial charge in [-0.2, -0.15) is 4.98 Å². The Morgan fingerprint density at radius 2 is 2.11 bits per heavy atom. The minimum atomic E-state index is -0.0814. The first-order valence-electron chi connectivity index (χ1n) is 5.82. The van der Waals surface area contributed by atoms with Crippen LogP contribution >= 0.6 is 11.5 Å². The van der Waals surface area contributed by atoms with Crippen LogP contribution in [0.5, 0.6) is 0 Å². The van der Waals surface area contributed by atoms with Crippen LogP contribution in [0.4, 0.5) is 0 Å². The summed E-state index contributed by atoms with van der Waals surface area (Å²) in [5, 5.41) is 11.2. The molecule has 2 rings (SSSR count). The van der Waals surface area contributed by atoms with E-state index in [4.69, 9.17) is 4.52 Å². The molecule has 0 aliphatic heterocycles. The fourth-order valence-corrected chi connectivity index (χ4v) is 2.30. The Balaban J connectivity index is 2.27. The van der Waals surface area contributed by atoms with Gasteiger partial charge in [0.2, 0.25) is 0 Å². The molecule has 0 spiro atoms. The molecule has 0 aliphatic rings. The normalized spacial score (nSPS) is 12.0. The van der Waals surface area contributed by atoms with Crippen LogP contribution in [0.15, 0.2) is 4.52 Å². The van der Waals surface area contributed by atoms with Gasteiger partial charge in [-0.1, -0.05) is 30.4 Å². The Kier molecular flexibility index (Phi) is 3.72. The number of nitrogens with zero attached hydrogens (tertiary/aromatic N) is 4. The van der Waals surface area contributed by atoms with Crippen molar-refractivity contribution in [3.63, 3.8) is 0 Å². The lowest BCUT2D eigenvalue weighted by Crippen LogP contribution is -2.13. The van der Waals surface area contributed by atoms with Gasteiger partial charge in [-0.15, -0.1) is 5.10 Å². The molecule has 2 aromatic heterocycles. The highest BCUT2D eigenvalue weighted by Crippen LogP contribution is 2.32. The quantitative estimate of drug-likeness (QED) is 0.907. The molecule has 0 radical (unpaired) electrons. The summed E-state index contributed by atoms with van der Waals surface area (Å²) in [4.78, 5) is 5.24.